The van der Waals surface area contributed by atoms with Crippen LogP contribution in [0.2, 0.25) is 0 Å². The average Bonchev–Trinajstić information content (AvgIpc) is 2.54. The van der Waals surface area contributed by atoms with Crippen molar-refractivity contribution in [3.05, 3.63) is 30.1 Å². The molecule has 5 heteroatoms. The molecule has 0 unspecified atom stereocenters. The monoisotopic (exact) mass is 304 g/mol. The van der Waals surface area contributed by atoms with Crippen LogP contribution >= 0.6 is 0 Å². The van der Waals surface area contributed by atoms with E-state index in [0.717, 1.165) is 51.1 Å². The summed E-state index contributed by atoms with van der Waals surface area (Å²) in [7, 11) is 2.17. The second-order valence-electron chi connectivity index (χ2n) is 6.18. The van der Waals surface area contributed by atoms with Gasteiger partial charge in [-0.3, -0.25) is 14.7 Å². The maximum atomic E-state index is 11.9. The van der Waals surface area contributed by atoms with Crippen molar-refractivity contribution in [3.8, 4) is 0 Å². The van der Waals surface area contributed by atoms with Gasteiger partial charge in [0.15, 0.2) is 0 Å². The Balaban J connectivity index is 1.58. The van der Waals surface area contributed by atoms with Gasteiger partial charge in [0.05, 0.1) is 0 Å². The van der Waals surface area contributed by atoms with Crippen molar-refractivity contribution in [1.82, 2.24) is 20.1 Å². The van der Waals surface area contributed by atoms with Gasteiger partial charge in [0.2, 0.25) is 5.91 Å². The zero-order chi connectivity index (χ0) is 15.8. The molecule has 1 saturated heterocycles. The molecule has 0 saturated carbocycles. The lowest BCUT2D eigenvalue weighted by Crippen LogP contribution is -2.48. The van der Waals surface area contributed by atoms with Gasteiger partial charge in [-0.2, -0.15) is 0 Å². The van der Waals surface area contributed by atoms with Crippen molar-refractivity contribution in [3.63, 3.8) is 0 Å². The van der Waals surface area contributed by atoms with E-state index in [4.69, 9.17) is 0 Å². The van der Waals surface area contributed by atoms with Gasteiger partial charge in [0.1, 0.15) is 0 Å². The molecule has 122 valence electrons. The number of piperazine rings is 1. The van der Waals surface area contributed by atoms with E-state index in [9.17, 15) is 4.79 Å². The van der Waals surface area contributed by atoms with Gasteiger partial charge in [-0.1, -0.05) is 0 Å². The highest BCUT2D eigenvalue weighted by atomic mass is 16.1. The Labute approximate surface area is 133 Å². The molecule has 1 aromatic rings. The van der Waals surface area contributed by atoms with Crippen molar-refractivity contribution in [1.29, 1.82) is 0 Å². The average molecular weight is 304 g/mol. The lowest BCUT2D eigenvalue weighted by atomic mass is 10.1. The number of amides is 1. The number of hydrogen-bond donors (Lipinski definition) is 1. The second kappa shape index (κ2) is 8.86. The molecule has 0 radical (unpaired) electrons. The Morgan fingerprint density at radius 3 is 2.64 bits per heavy atom. The fourth-order valence-electron chi connectivity index (χ4n) is 2.76. The van der Waals surface area contributed by atoms with E-state index in [1.54, 1.807) is 12.4 Å². The summed E-state index contributed by atoms with van der Waals surface area (Å²) in [6.07, 6.45) is 5.88. The number of rotatable bonds is 7. The van der Waals surface area contributed by atoms with Gasteiger partial charge in [0, 0.05) is 57.6 Å². The molecule has 0 aliphatic carbocycles. The minimum atomic E-state index is 0.141. The summed E-state index contributed by atoms with van der Waals surface area (Å²) in [4.78, 5) is 20.7. The molecular formula is C17H28N4O. The smallest absolute Gasteiger partial charge is 0.220 e. The number of nitrogens with one attached hydrogen (secondary N) is 1. The zero-order valence-corrected chi connectivity index (χ0v) is 13.8. The summed E-state index contributed by atoms with van der Waals surface area (Å²) in [6.45, 7) is 7.57. The maximum absolute atomic E-state index is 11.9. The fraction of sp³-hybridized carbons (Fsp3) is 0.647. The summed E-state index contributed by atoms with van der Waals surface area (Å²) >= 11 is 0. The van der Waals surface area contributed by atoms with Gasteiger partial charge in [-0.15, -0.1) is 0 Å². The summed E-state index contributed by atoms with van der Waals surface area (Å²) in [5.41, 5.74) is 1.16. The van der Waals surface area contributed by atoms with Crippen LogP contribution in [0.25, 0.3) is 0 Å². The number of carbonyl (C=O) groups is 1. The molecule has 0 aromatic carbocycles. The molecule has 0 bridgehead atoms. The van der Waals surface area contributed by atoms with Gasteiger partial charge in [0.25, 0.3) is 0 Å². The number of hydrogen-bond acceptors (Lipinski definition) is 4. The molecule has 2 rings (SSSR count). The van der Waals surface area contributed by atoms with E-state index in [1.807, 2.05) is 12.1 Å². The zero-order valence-electron chi connectivity index (χ0n) is 13.8. The predicted molar refractivity (Wildman–Crippen MR) is 88.7 cm³/mol. The first-order valence-electron chi connectivity index (χ1n) is 8.23. The van der Waals surface area contributed by atoms with Crippen LogP contribution in [0.15, 0.2) is 24.5 Å². The summed E-state index contributed by atoms with van der Waals surface area (Å²) in [5.74, 6) is 0.141. The maximum Gasteiger partial charge on any atom is 0.220 e. The minimum absolute atomic E-state index is 0.141. The van der Waals surface area contributed by atoms with E-state index in [1.165, 1.54) is 0 Å². The second-order valence-corrected chi connectivity index (χ2v) is 6.18. The van der Waals surface area contributed by atoms with Gasteiger partial charge in [-0.05, 0) is 44.5 Å². The molecule has 1 aliphatic rings. The van der Waals surface area contributed by atoms with Crippen LogP contribution in [0.3, 0.4) is 0 Å². The highest BCUT2D eigenvalue weighted by molar-refractivity contribution is 5.76. The quantitative estimate of drug-likeness (QED) is 0.821. The van der Waals surface area contributed by atoms with Crippen LogP contribution in [0.5, 0.6) is 0 Å². The van der Waals surface area contributed by atoms with Crippen LogP contribution in [0, 0.1) is 0 Å². The molecule has 22 heavy (non-hydrogen) atoms. The van der Waals surface area contributed by atoms with E-state index in [-0.39, 0.29) is 5.91 Å². The molecule has 1 fully saturated rings. The number of carbonyl (C=O) groups excluding carboxylic acids is 1. The first-order chi connectivity index (χ1) is 10.6. The topological polar surface area (TPSA) is 48.5 Å². The molecular weight excluding hydrogens is 276 g/mol. The van der Waals surface area contributed by atoms with Crippen molar-refractivity contribution < 1.29 is 4.79 Å². The number of pyridine rings is 1. The highest BCUT2D eigenvalue weighted by Crippen LogP contribution is 2.07. The Morgan fingerprint density at radius 1 is 1.27 bits per heavy atom. The SMILES string of the molecule is C[C@H](CCNC(=O)CCc1ccncc1)N1CCN(C)CC1. The molecule has 1 aromatic heterocycles. The third kappa shape index (κ3) is 5.73. The van der Waals surface area contributed by atoms with Gasteiger partial charge < -0.3 is 10.2 Å². The Kier molecular flexibility index (Phi) is 6.80. The van der Waals surface area contributed by atoms with Crippen LogP contribution in [0.1, 0.15) is 25.3 Å². The van der Waals surface area contributed by atoms with Crippen LogP contribution in [-0.2, 0) is 11.2 Å². The number of aryl methyl sites for hydroxylation is 1. The highest BCUT2D eigenvalue weighted by Gasteiger charge is 2.18. The first-order valence-corrected chi connectivity index (χ1v) is 8.23. The summed E-state index contributed by atoms with van der Waals surface area (Å²) < 4.78 is 0. The van der Waals surface area contributed by atoms with E-state index >= 15 is 0 Å². The van der Waals surface area contributed by atoms with Crippen molar-refractivity contribution >= 4 is 5.91 Å². The Hall–Kier alpha value is -1.46. The predicted octanol–water partition coefficient (Wildman–Crippen LogP) is 1.16. The van der Waals surface area contributed by atoms with Crippen molar-refractivity contribution in [2.75, 3.05) is 39.8 Å². The van der Waals surface area contributed by atoms with E-state index in [0.29, 0.717) is 12.5 Å². The third-order valence-corrected chi connectivity index (χ3v) is 4.44. The van der Waals surface area contributed by atoms with Crippen LogP contribution in [-0.4, -0.2) is 66.5 Å². The molecule has 1 amide bonds. The van der Waals surface area contributed by atoms with Gasteiger partial charge >= 0.3 is 0 Å². The number of nitrogens with zero attached hydrogens (tertiary/aromatic N) is 3. The lowest BCUT2D eigenvalue weighted by Gasteiger charge is -2.36. The molecule has 1 N–H and O–H groups in total. The Bertz CT molecular complexity index is 443. The summed E-state index contributed by atoms with van der Waals surface area (Å²) in [6, 6.07) is 4.46. The third-order valence-electron chi connectivity index (χ3n) is 4.44. The van der Waals surface area contributed by atoms with Crippen LogP contribution < -0.4 is 5.32 Å². The molecule has 5 nitrogen and oxygen atoms in total. The Morgan fingerprint density at radius 2 is 1.95 bits per heavy atom. The van der Waals surface area contributed by atoms with Crippen molar-refractivity contribution in [2.24, 2.45) is 0 Å². The first kappa shape index (κ1) is 16.9. The molecule has 1 atom stereocenters. The van der Waals surface area contributed by atoms with E-state index < -0.39 is 0 Å². The van der Waals surface area contributed by atoms with Crippen LogP contribution in [0.4, 0.5) is 0 Å². The molecule has 2 heterocycles. The van der Waals surface area contributed by atoms with Crippen molar-refractivity contribution in [2.45, 2.75) is 32.2 Å². The fourth-order valence-corrected chi connectivity index (χ4v) is 2.76. The minimum Gasteiger partial charge on any atom is -0.356 e. The van der Waals surface area contributed by atoms with Gasteiger partial charge in [-0.25, -0.2) is 0 Å². The normalized spacial score (nSPS) is 18.1. The largest absolute Gasteiger partial charge is 0.356 e. The lowest BCUT2D eigenvalue weighted by molar-refractivity contribution is -0.121. The molecule has 1 aliphatic heterocycles. The standard InChI is InChI=1S/C17H28N4O/c1-15(21-13-11-20(2)12-14-21)5-10-19-17(22)4-3-16-6-8-18-9-7-16/h6-9,15H,3-5,10-14H2,1-2H3,(H,19,22)/t15-/m1/s1. The summed E-state index contributed by atoms with van der Waals surface area (Å²) in [5, 5.41) is 3.04. The molecule has 0 spiro atoms. The number of aromatic nitrogens is 1. The number of likely N-dealkylation sites (N-methyl/N-ethyl adjacent to an activating group) is 1. The van der Waals surface area contributed by atoms with E-state index in [2.05, 4.69) is 34.1 Å².